The second-order valence-electron chi connectivity index (χ2n) is 3.90. The average molecular weight is 241 g/mol. The van der Waals surface area contributed by atoms with Gasteiger partial charge in [0.25, 0.3) is 0 Å². The van der Waals surface area contributed by atoms with Gasteiger partial charge in [0.05, 0.1) is 0 Å². The zero-order valence-corrected chi connectivity index (χ0v) is 10.7. The zero-order valence-electron chi connectivity index (χ0n) is 9.97. The van der Waals surface area contributed by atoms with Gasteiger partial charge in [-0.3, -0.25) is 4.79 Å². The van der Waals surface area contributed by atoms with Crippen molar-refractivity contribution < 1.29 is 9.53 Å². The maximum atomic E-state index is 11.7. The van der Waals surface area contributed by atoms with Crippen LogP contribution in [0.15, 0.2) is 34.9 Å². The highest BCUT2D eigenvalue weighted by Gasteiger charge is 2.38. The number of hydrogen-bond acceptors (Lipinski definition) is 2. The minimum atomic E-state index is -0.908. The van der Waals surface area contributed by atoms with Crippen LogP contribution in [0, 0.1) is 0 Å². The molecule has 0 saturated carbocycles. The van der Waals surface area contributed by atoms with Gasteiger partial charge in [0.1, 0.15) is 5.60 Å². The van der Waals surface area contributed by atoms with Crippen LogP contribution < -0.4 is 0 Å². The van der Waals surface area contributed by atoms with E-state index >= 15 is 0 Å². The Kier molecular flexibility index (Phi) is 4.11. The molecule has 0 fully saturated rings. The van der Waals surface area contributed by atoms with Crippen molar-refractivity contribution >= 4 is 17.4 Å². The number of ether oxygens (including phenoxy) is 1. The van der Waals surface area contributed by atoms with Crippen molar-refractivity contribution in [3.8, 4) is 0 Å². The third-order valence-electron chi connectivity index (χ3n) is 2.90. The summed E-state index contributed by atoms with van der Waals surface area (Å²) < 4.78 is 5.59. The number of halogens is 1. The Bertz CT molecular complexity index is 379. The van der Waals surface area contributed by atoms with Gasteiger partial charge in [-0.05, 0) is 38.0 Å². The molecule has 0 aromatic carbocycles. The van der Waals surface area contributed by atoms with Crippen molar-refractivity contribution in [3.05, 3.63) is 34.9 Å². The number of carbonyl (C=O) groups is 1. The lowest BCUT2D eigenvalue weighted by molar-refractivity contribution is -0.135. The van der Waals surface area contributed by atoms with Crippen LogP contribution in [0.25, 0.3) is 0 Å². The predicted octanol–water partition coefficient (Wildman–Crippen LogP) is 3.38. The molecule has 0 radical (unpaired) electrons. The van der Waals surface area contributed by atoms with E-state index in [0.29, 0.717) is 18.1 Å². The van der Waals surface area contributed by atoms with Crippen molar-refractivity contribution in [1.29, 1.82) is 0 Å². The summed E-state index contributed by atoms with van der Waals surface area (Å²) in [4.78, 5) is 11.7. The Hall–Kier alpha value is -0.860. The number of ketones is 1. The van der Waals surface area contributed by atoms with E-state index in [1.165, 1.54) is 6.92 Å². The Labute approximate surface area is 102 Å². The van der Waals surface area contributed by atoms with Crippen molar-refractivity contribution in [1.82, 2.24) is 0 Å². The molecule has 3 heteroatoms. The lowest BCUT2D eigenvalue weighted by Gasteiger charge is -2.32. The van der Waals surface area contributed by atoms with E-state index in [1.807, 2.05) is 13.8 Å². The first-order chi connectivity index (χ1) is 7.46. The number of carbonyl (C=O) groups excluding carboxylic acids is 1. The van der Waals surface area contributed by atoms with Gasteiger partial charge in [-0.2, -0.15) is 0 Å². The quantitative estimate of drug-likeness (QED) is 0.753. The molecule has 0 N–H and O–H groups in total. The molecular weight excluding hydrogens is 224 g/mol. The molecule has 1 aliphatic carbocycles. The SMILES string of the molecule is C=CC1=C(C)C(Cl)=CC(OCC)(C(C)=O)C1. The number of hydrogen-bond donors (Lipinski definition) is 0. The van der Waals surface area contributed by atoms with Crippen molar-refractivity contribution in [3.63, 3.8) is 0 Å². The monoisotopic (exact) mass is 240 g/mol. The first-order valence-corrected chi connectivity index (χ1v) is 5.70. The topological polar surface area (TPSA) is 26.3 Å². The highest BCUT2D eigenvalue weighted by molar-refractivity contribution is 6.32. The summed E-state index contributed by atoms with van der Waals surface area (Å²) in [6, 6.07) is 0. The summed E-state index contributed by atoms with van der Waals surface area (Å²) in [5.41, 5.74) is 1.03. The molecule has 2 nitrogen and oxygen atoms in total. The van der Waals surface area contributed by atoms with Gasteiger partial charge in [-0.1, -0.05) is 24.3 Å². The summed E-state index contributed by atoms with van der Waals surface area (Å²) >= 11 is 6.13. The lowest BCUT2D eigenvalue weighted by atomic mass is 9.83. The van der Waals surface area contributed by atoms with Gasteiger partial charge in [-0.25, -0.2) is 0 Å². The van der Waals surface area contributed by atoms with Crippen LogP contribution >= 0.6 is 11.6 Å². The van der Waals surface area contributed by atoms with Gasteiger partial charge in [-0.15, -0.1) is 0 Å². The normalized spacial score (nSPS) is 25.4. The van der Waals surface area contributed by atoms with Crippen LogP contribution in [-0.2, 0) is 9.53 Å². The molecule has 88 valence electrons. The fraction of sp³-hybridized carbons (Fsp3) is 0.462. The average Bonchev–Trinajstić information content (AvgIpc) is 2.23. The molecule has 0 aliphatic heterocycles. The van der Waals surface area contributed by atoms with Gasteiger partial charge in [0.2, 0.25) is 0 Å². The zero-order chi connectivity index (χ0) is 12.3. The molecule has 1 atom stereocenters. The van der Waals surface area contributed by atoms with Gasteiger partial charge < -0.3 is 4.74 Å². The third-order valence-corrected chi connectivity index (χ3v) is 3.29. The largest absolute Gasteiger partial charge is 0.363 e. The van der Waals surface area contributed by atoms with E-state index in [2.05, 4.69) is 6.58 Å². The molecule has 1 unspecified atom stereocenters. The molecule has 0 bridgehead atoms. The van der Waals surface area contributed by atoms with E-state index in [9.17, 15) is 4.79 Å². The van der Waals surface area contributed by atoms with Crippen molar-refractivity contribution in [2.75, 3.05) is 6.61 Å². The van der Waals surface area contributed by atoms with Crippen molar-refractivity contribution in [2.45, 2.75) is 32.8 Å². The first-order valence-electron chi connectivity index (χ1n) is 5.32. The van der Waals surface area contributed by atoms with Gasteiger partial charge in [0, 0.05) is 18.1 Å². The van der Waals surface area contributed by atoms with E-state index in [1.54, 1.807) is 12.2 Å². The van der Waals surface area contributed by atoms with Crippen LogP contribution in [0.2, 0.25) is 0 Å². The second kappa shape index (κ2) is 4.98. The molecule has 0 amide bonds. The fourth-order valence-electron chi connectivity index (χ4n) is 1.84. The van der Waals surface area contributed by atoms with Crippen LogP contribution in [0.3, 0.4) is 0 Å². The van der Waals surface area contributed by atoms with E-state index in [-0.39, 0.29) is 5.78 Å². The molecule has 1 rings (SSSR count). The minimum absolute atomic E-state index is 0.0284. The molecule has 16 heavy (non-hydrogen) atoms. The third kappa shape index (κ3) is 2.28. The molecule has 0 heterocycles. The number of allylic oxidation sites excluding steroid dienone is 3. The summed E-state index contributed by atoms with van der Waals surface area (Å²) in [5, 5.41) is 0.574. The fourth-order valence-corrected chi connectivity index (χ4v) is 2.13. The predicted molar refractivity (Wildman–Crippen MR) is 66.5 cm³/mol. The van der Waals surface area contributed by atoms with Crippen molar-refractivity contribution in [2.24, 2.45) is 0 Å². The van der Waals surface area contributed by atoms with Gasteiger partial charge >= 0.3 is 0 Å². The standard InChI is InChI=1S/C13H17ClO2/c1-5-11-7-13(10(4)15,16-6-2)8-12(14)9(11)3/h5,8H,1,6-7H2,2-4H3. The molecule has 1 aliphatic rings. The highest BCUT2D eigenvalue weighted by Crippen LogP contribution is 2.36. The number of rotatable bonds is 4. The maximum absolute atomic E-state index is 11.7. The van der Waals surface area contributed by atoms with Crippen LogP contribution in [0.1, 0.15) is 27.2 Å². The van der Waals surface area contributed by atoms with E-state index < -0.39 is 5.60 Å². The molecule has 0 spiro atoms. The molecule has 0 aromatic heterocycles. The molecule has 0 aromatic rings. The van der Waals surface area contributed by atoms with Gasteiger partial charge in [0.15, 0.2) is 5.78 Å². The minimum Gasteiger partial charge on any atom is -0.363 e. The number of Topliss-reactive ketones (excluding diaryl/α,β-unsaturated/α-hetero) is 1. The van der Waals surface area contributed by atoms with E-state index in [0.717, 1.165) is 11.1 Å². The maximum Gasteiger partial charge on any atom is 0.165 e. The Morgan fingerprint density at radius 2 is 2.38 bits per heavy atom. The summed E-state index contributed by atoms with van der Waals surface area (Å²) in [7, 11) is 0. The van der Waals surface area contributed by atoms with Crippen LogP contribution in [0.4, 0.5) is 0 Å². The smallest absolute Gasteiger partial charge is 0.165 e. The Morgan fingerprint density at radius 1 is 1.75 bits per heavy atom. The van der Waals surface area contributed by atoms with Crippen LogP contribution in [0.5, 0.6) is 0 Å². The van der Waals surface area contributed by atoms with Crippen LogP contribution in [-0.4, -0.2) is 18.0 Å². The summed E-state index contributed by atoms with van der Waals surface area (Å²) in [5.74, 6) is -0.0284. The highest BCUT2D eigenvalue weighted by atomic mass is 35.5. The summed E-state index contributed by atoms with van der Waals surface area (Å²) in [6.45, 7) is 9.53. The first kappa shape index (κ1) is 13.2. The summed E-state index contributed by atoms with van der Waals surface area (Å²) in [6.07, 6.45) is 3.96. The molecule has 0 saturated heterocycles. The second-order valence-corrected chi connectivity index (χ2v) is 4.31. The Balaban J connectivity index is 3.20. The Morgan fingerprint density at radius 3 is 2.81 bits per heavy atom. The molecular formula is C13H17ClO2. The lowest BCUT2D eigenvalue weighted by Crippen LogP contribution is -2.40. The van der Waals surface area contributed by atoms with E-state index in [4.69, 9.17) is 16.3 Å².